The molecule has 7 nitrogen and oxygen atoms in total. The number of hydrogen-bond acceptors (Lipinski definition) is 6. The van der Waals surface area contributed by atoms with Gasteiger partial charge in [0.15, 0.2) is 0 Å². The average molecular weight is 486 g/mol. The number of rotatable bonds is 4. The quantitative estimate of drug-likeness (QED) is 0.690. The van der Waals surface area contributed by atoms with Gasteiger partial charge in [-0.15, -0.1) is 0 Å². The van der Waals surface area contributed by atoms with Gasteiger partial charge in [-0.2, -0.15) is 0 Å². The first-order valence-electron chi connectivity index (χ1n) is 12.4. The van der Waals surface area contributed by atoms with Crippen molar-refractivity contribution in [3.05, 3.63) is 35.0 Å². The lowest BCUT2D eigenvalue weighted by Crippen LogP contribution is -2.56. The van der Waals surface area contributed by atoms with Crippen molar-refractivity contribution in [3.63, 3.8) is 0 Å². The van der Waals surface area contributed by atoms with Gasteiger partial charge in [0, 0.05) is 29.1 Å². The predicted molar refractivity (Wildman–Crippen MR) is 130 cm³/mol. The molecule has 3 aliphatic heterocycles. The van der Waals surface area contributed by atoms with E-state index in [0.29, 0.717) is 43.4 Å². The van der Waals surface area contributed by atoms with Crippen LogP contribution in [0.15, 0.2) is 24.4 Å². The zero-order chi connectivity index (χ0) is 23.4. The summed E-state index contributed by atoms with van der Waals surface area (Å²) in [7, 11) is 0. The van der Waals surface area contributed by atoms with E-state index in [-0.39, 0.29) is 17.4 Å². The normalized spacial score (nSPS) is 34.2. The zero-order valence-electron chi connectivity index (χ0n) is 19.5. The van der Waals surface area contributed by atoms with Crippen LogP contribution in [0.1, 0.15) is 37.7 Å². The number of amides is 1. The number of halogens is 1. The number of anilines is 1. The summed E-state index contributed by atoms with van der Waals surface area (Å²) in [6.07, 6.45) is 4.28. The fraction of sp³-hybridized carbons (Fsp3) is 0.615. The Labute approximate surface area is 204 Å². The number of carbonyl (C=O) groups excluding carboxylic acids is 1. The van der Waals surface area contributed by atoms with Crippen molar-refractivity contribution >= 4 is 34.1 Å². The summed E-state index contributed by atoms with van der Waals surface area (Å²) in [5.74, 6) is 1.89. The summed E-state index contributed by atoms with van der Waals surface area (Å²) in [6.45, 7) is 6.35. The highest BCUT2D eigenvalue weighted by Crippen LogP contribution is 2.51. The van der Waals surface area contributed by atoms with Crippen LogP contribution >= 0.6 is 11.6 Å². The van der Waals surface area contributed by atoms with Crippen molar-refractivity contribution < 1.29 is 19.4 Å². The number of likely N-dealkylation sites (tertiary alicyclic amines) is 1. The largest absolute Gasteiger partial charge is 0.389 e. The maximum Gasteiger partial charge on any atom is 0.229 e. The van der Waals surface area contributed by atoms with Crippen molar-refractivity contribution in [1.82, 2.24) is 9.88 Å². The van der Waals surface area contributed by atoms with E-state index in [1.54, 1.807) is 6.20 Å². The van der Waals surface area contributed by atoms with Crippen LogP contribution in [0.3, 0.4) is 0 Å². The second-order valence-electron chi connectivity index (χ2n) is 10.6. The van der Waals surface area contributed by atoms with Crippen LogP contribution in [0.25, 0.3) is 10.8 Å². The number of nitrogens with zero attached hydrogens (tertiary/aromatic N) is 2. The Morgan fingerprint density at radius 3 is 2.68 bits per heavy atom. The van der Waals surface area contributed by atoms with Gasteiger partial charge in [0.2, 0.25) is 5.91 Å². The number of pyridine rings is 1. The first kappa shape index (κ1) is 22.7. The molecule has 34 heavy (non-hydrogen) atoms. The van der Waals surface area contributed by atoms with Gasteiger partial charge < -0.3 is 19.9 Å². The number of aromatic nitrogens is 1. The lowest BCUT2D eigenvalue weighted by Gasteiger charge is -2.43. The van der Waals surface area contributed by atoms with Gasteiger partial charge in [-0.25, -0.2) is 4.98 Å². The molecular weight excluding hydrogens is 454 g/mol. The van der Waals surface area contributed by atoms with Crippen molar-refractivity contribution in [2.45, 2.75) is 43.7 Å². The van der Waals surface area contributed by atoms with Crippen LogP contribution in [0.4, 0.5) is 5.82 Å². The highest BCUT2D eigenvalue weighted by atomic mass is 35.5. The molecule has 1 aromatic heterocycles. The Kier molecular flexibility index (Phi) is 5.81. The predicted octanol–water partition coefficient (Wildman–Crippen LogP) is 3.44. The highest BCUT2D eigenvalue weighted by Gasteiger charge is 2.55. The lowest BCUT2D eigenvalue weighted by atomic mass is 9.85. The molecule has 1 aromatic carbocycles. The lowest BCUT2D eigenvalue weighted by molar-refractivity contribution is -0.117. The van der Waals surface area contributed by atoms with E-state index >= 15 is 0 Å². The Morgan fingerprint density at radius 2 is 1.97 bits per heavy atom. The smallest absolute Gasteiger partial charge is 0.229 e. The number of nitrogens with one attached hydrogen (secondary N) is 1. The van der Waals surface area contributed by atoms with Gasteiger partial charge >= 0.3 is 0 Å². The molecule has 1 amide bonds. The van der Waals surface area contributed by atoms with Crippen molar-refractivity contribution in [2.75, 3.05) is 44.8 Å². The zero-order valence-corrected chi connectivity index (χ0v) is 20.3. The SMILES string of the molecule is C[C@@]1(N2CCC(c3cc4cc(NC(=O)[C@H]5[C@@H]6COCC[C@@H]65)ncc4cc3Cl)CC2)COC[C@@H]1O. The number of fused-ring (bicyclic) bond motifs is 2. The molecule has 4 fully saturated rings. The molecule has 3 saturated heterocycles. The third-order valence-corrected chi connectivity index (χ3v) is 9.00. The Bertz CT molecular complexity index is 1090. The number of carbonyl (C=O) groups is 1. The number of aliphatic hydroxyl groups is 1. The molecule has 1 saturated carbocycles. The molecule has 2 aromatic rings. The maximum atomic E-state index is 12.8. The summed E-state index contributed by atoms with van der Waals surface area (Å²) in [6, 6.07) is 6.10. The summed E-state index contributed by atoms with van der Waals surface area (Å²) in [5.41, 5.74) is 0.846. The fourth-order valence-electron chi connectivity index (χ4n) is 6.32. The van der Waals surface area contributed by atoms with Gasteiger partial charge in [-0.3, -0.25) is 9.69 Å². The van der Waals surface area contributed by atoms with E-state index < -0.39 is 6.10 Å². The minimum absolute atomic E-state index is 0.0524. The van der Waals surface area contributed by atoms with E-state index in [9.17, 15) is 9.90 Å². The molecular formula is C26H32ClN3O4. The van der Waals surface area contributed by atoms with Crippen LogP contribution in [-0.4, -0.2) is 72.1 Å². The highest BCUT2D eigenvalue weighted by molar-refractivity contribution is 6.32. The van der Waals surface area contributed by atoms with E-state index in [1.807, 2.05) is 12.1 Å². The van der Waals surface area contributed by atoms with Crippen LogP contribution < -0.4 is 5.32 Å². The van der Waals surface area contributed by atoms with E-state index in [2.05, 4.69) is 28.2 Å². The number of ether oxygens (including phenoxy) is 2. The van der Waals surface area contributed by atoms with Gasteiger partial charge in [-0.05, 0) is 86.2 Å². The third-order valence-electron chi connectivity index (χ3n) is 8.67. The Morgan fingerprint density at radius 1 is 1.15 bits per heavy atom. The first-order valence-corrected chi connectivity index (χ1v) is 12.8. The summed E-state index contributed by atoms with van der Waals surface area (Å²) < 4.78 is 11.0. The van der Waals surface area contributed by atoms with Crippen LogP contribution in [0, 0.1) is 17.8 Å². The molecule has 0 spiro atoms. The molecule has 182 valence electrons. The van der Waals surface area contributed by atoms with E-state index in [1.165, 1.54) is 0 Å². The van der Waals surface area contributed by atoms with Gasteiger partial charge in [0.05, 0.1) is 31.5 Å². The Balaban J connectivity index is 1.16. The van der Waals surface area contributed by atoms with Gasteiger partial charge in [-0.1, -0.05) is 11.6 Å². The molecule has 0 radical (unpaired) electrons. The van der Waals surface area contributed by atoms with Crippen molar-refractivity contribution in [3.8, 4) is 0 Å². The molecule has 6 rings (SSSR count). The second kappa shape index (κ2) is 8.71. The number of benzene rings is 1. The number of piperidine rings is 1. The molecule has 1 aliphatic carbocycles. The van der Waals surface area contributed by atoms with Gasteiger partial charge in [0.1, 0.15) is 5.82 Å². The van der Waals surface area contributed by atoms with Crippen LogP contribution in [0.5, 0.6) is 0 Å². The summed E-state index contributed by atoms with van der Waals surface area (Å²) >= 11 is 6.71. The fourth-order valence-corrected chi connectivity index (χ4v) is 6.65. The second-order valence-corrected chi connectivity index (χ2v) is 11.1. The average Bonchev–Trinajstić information content (AvgIpc) is 3.48. The van der Waals surface area contributed by atoms with Crippen molar-refractivity contribution in [2.24, 2.45) is 17.8 Å². The van der Waals surface area contributed by atoms with E-state index in [4.69, 9.17) is 21.1 Å². The molecule has 5 atom stereocenters. The third kappa shape index (κ3) is 3.91. The monoisotopic (exact) mass is 485 g/mol. The van der Waals surface area contributed by atoms with Gasteiger partial charge in [0.25, 0.3) is 0 Å². The molecule has 4 aliphatic rings. The summed E-state index contributed by atoms with van der Waals surface area (Å²) in [4.78, 5) is 19.6. The first-order chi connectivity index (χ1) is 16.4. The maximum absolute atomic E-state index is 12.8. The topological polar surface area (TPSA) is 83.9 Å². The molecule has 2 N–H and O–H groups in total. The molecule has 4 heterocycles. The number of aliphatic hydroxyl groups excluding tert-OH is 1. The Hall–Kier alpha value is -1.77. The number of hydrogen-bond donors (Lipinski definition) is 2. The minimum Gasteiger partial charge on any atom is -0.389 e. The minimum atomic E-state index is -0.443. The van der Waals surface area contributed by atoms with Crippen LogP contribution in [0.2, 0.25) is 5.02 Å². The molecule has 0 bridgehead atoms. The molecule has 8 heteroatoms. The molecule has 0 unspecified atom stereocenters. The van der Waals surface area contributed by atoms with E-state index in [0.717, 1.165) is 60.3 Å². The standard InChI is InChI=1S/C26H32ClN3O4/c1-26(14-34-13-22(26)31)30-5-2-15(3-6-30)19-8-16-10-23(28-11-17(16)9-21(19)27)29-25(32)24-18-4-7-33-12-20(18)24/h8-11,15,18,20,22,24,31H,2-7,12-14H2,1H3,(H,28,29,32)/t18-,20+,22-,24+,26+/m0/s1. The van der Waals surface area contributed by atoms with Crippen molar-refractivity contribution in [1.29, 1.82) is 0 Å². The summed E-state index contributed by atoms with van der Waals surface area (Å²) in [5, 5.41) is 16.2. The van der Waals surface area contributed by atoms with Crippen LogP contribution in [-0.2, 0) is 14.3 Å².